The smallest absolute Gasteiger partial charge is 0.328 e. The van der Waals surface area contributed by atoms with Crippen molar-refractivity contribution in [2.24, 2.45) is 5.73 Å². The minimum Gasteiger partial charge on any atom is -0.481 e. The Morgan fingerprint density at radius 3 is 1.85 bits per heavy atom. The van der Waals surface area contributed by atoms with Crippen LogP contribution < -0.4 is 21.7 Å². The molecule has 0 aliphatic heterocycles. The van der Waals surface area contributed by atoms with E-state index >= 15 is 0 Å². The van der Waals surface area contributed by atoms with E-state index in [2.05, 4.69) is 10.6 Å². The molecule has 188 valence electrons. The van der Waals surface area contributed by atoms with Crippen LogP contribution in [-0.4, -0.2) is 98.3 Å². The van der Waals surface area contributed by atoms with Gasteiger partial charge in [-0.05, 0) is 31.8 Å². The number of nitrogens with one attached hydrogen (secondary N) is 3. The summed E-state index contributed by atoms with van der Waals surface area (Å²) in [6, 6.07) is -5.99. The maximum absolute atomic E-state index is 12.7. The molecule has 0 aliphatic rings. The van der Waals surface area contributed by atoms with Gasteiger partial charge in [0.05, 0.1) is 18.6 Å². The van der Waals surface area contributed by atoms with E-state index in [-0.39, 0.29) is 12.8 Å². The fourth-order valence-electron chi connectivity index (χ4n) is 2.49. The first-order chi connectivity index (χ1) is 15.3. The zero-order valence-electron chi connectivity index (χ0n) is 18.1. The second-order valence-electron chi connectivity index (χ2n) is 7.11. The highest BCUT2D eigenvalue weighted by atomic mass is 32.2. The minimum atomic E-state index is -1.78. The Bertz CT molecular complexity index is 733. The van der Waals surface area contributed by atoms with Crippen LogP contribution in [-0.2, 0) is 28.8 Å². The fraction of sp³-hybridized carbons (Fsp3) is 0.667. The number of carbonyl (C=O) groups is 6. The first-order valence-electron chi connectivity index (χ1n) is 9.80. The molecular weight excluding hydrogens is 464 g/mol. The monoisotopic (exact) mass is 494 g/mol. The predicted octanol–water partition coefficient (Wildman–Crippen LogP) is -2.67. The first-order valence-corrected chi connectivity index (χ1v) is 11.2. The van der Waals surface area contributed by atoms with E-state index in [0.717, 1.165) is 6.92 Å². The number of rotatable bonds is 16. The van der Waals surface area contributed by atoms with E-state index in [1.807, 2.05) is 5.32 Å². The molecule has 0 radical (unpaired) electrons. The molecule has 9 N–H and O–H groups in total. The summed E-state index contributed by atoms with van der Waals surface area (Å²) in [6.07, 6.45) is -1.31. The zero-order valence-corrected chi connectivity index (χ0v) is 19.0. The SMILES string of the molecule is CSCCC(N)C(=O)NC(CCC(=O)O)C(=O)NC(CC(=O)O)C(=O)NC(C(=O)O)C(C)O. The van der Waals surface area contributed by atoms with Gasteiger partial charge < -0.3 is 42.1 Å². The second-order valence-corrected chi connectivity index (χ2v) is 8.09. The van der Waals surface area contributed by atoms with Crippen LogP contribution in [0, 0.1) is 0 Å². The summed E-state index contributed by atoms with van der Waals surface area (Å²) < 4.78 is 0. The van der Waals surface area contributed by atoms with Crippen LogP contribution in [0.4, 0.5) is 0 Å². The van der Waals surface area contributed by atoms with Crippen molar-refractivity contribution in [2.75, 3.05) is 12.0 Å². The number of nitrogens with two attached hydrogens (primary N) is 1. The van der Waals surface area contributed by atoms with E-state index in [1.165, 1.54) is 11.8 Å². The molecule has 0 aromatic rings. The van der Waals surface area contributed by atoms with Crippen molar-refractivity contribution in [3.8, 4) is 0 Å². The van der Waals surface area contributed by atoms with Crippen LogP contribution in [0.3, 0.4) is 0 Å². The van der Waals surface area contributed by atoms with E-state index in [4.69, 9.17) is 21.1 Å². The summed E-state index contributed by atoms with van der Waals surface area (Å²) in [4.78, 5) is 70.6. The lowest BCUT2D eigenvalue weighted by molar-refractivity contribution is -0.146. The molecular formula is C18H30N4O10S. The maximum atomic E-state index is 12.7. The van der Waals surface area contributed by atoms with Gasteiger partial charge in [-0.3, -0.25) is 24.0 Å². The van der Waals surface area contributed by atoms with Crippen LogP contribution >= 0.6 is 11.8 Å². The summed E-state index contributed by atoms with van der Waals surface area (Å²) in [6.45, 7) is 1.08. The summed E-state index contributed by atoms with van der Waals surface area (Å²) in [5.41, 5.74) is 5.74. The van der Waals surface area contributed by atoms with E-state index < -0.39 is 78.7 Å². The minimum absolute atomic E-state index is 0.278. The molecule has 0 saturated heterocycles. The van der Waals surface area contributed by atoms with Crippen molar-refractivity contribution in [3.05, 3.63) is 0 Å². The Morgan fingerprint density at radius 2 is 1.39 bits per heavy atom. The molecule has 0 bridgehead atoms. The highest BCUT2D eigenvalue weighted by Crippen LogP contribution is 2.05. The molecule has 5 atom stereocenters. The van der Waals surface area contributed by atoms with Gasteiger partial charge in [0.15, 0.2) is 6.04 Å². The highest BCUT2D eigenvalue weighted by Gasteiger charge is 2.33. The molecule has 0 rings (SSSR count). The van der Waals surface area contributed by atoms with Gasteiger partial charge in [0.1, 0.15) is 12.1 Å². The summed E-state index contributed by atoms with van der Waals surface area (Å²) in [7, 11) is 0. The average molecular weight is 495 g/mol. The van der Waals surface area contributed by atoms with Gasteiger partial charge in [0.25, 0.3) is 0 Å². The number of aliphatic hydroxyl groups is 1. The molecule has 3 amide bonds. The van der Waals surface area contributed by atoms with Gasteiger partial charge in [-0.15, -0.1) is 0 Å². The largest absolute Gasteiger partial charge is 0.481 e. The molecule has 0 aromatic carbocycles. The lowest BCUT2D eigenvalue weighted by Gasteiger charge is -2.25. The van der Waals surface area contributed by atoms with Crippen molar-refractivity contribution in [1.29, 1.82) is 0 Å². The topological polar surface area (TPSA) is 245 Å². The number of amides is 3. The molecule has 14 nitrogen and oxygen atoms in total. The summed E-state index contributed by atoms with van der Waals surface area (Å²) in [5, 5.41) is 42.8. The van der Waals surface area contributed by atoms with Crippen LogP contribution in [0.2, 0.25) is 0 Å². The Labute approximate surface area is 193 Å². The third-order valence-electron chi connectivity index (χ3n) is 4.31. The normalized spacial score (nSPS) is 15.3. The van der Waals surface area contributed by atoms with Crippen molar-refractivity contribution < 1.29 is 49.2 Å². The lowest BCUT2D eigenvalue weighted by Crippen LogP contribution is -2.58. The maximum Gasteiger partial charge on any atom is 0.328 e. The molecule has 33 heavy (non-hydrogen) atoms. The third kappa shape index (κ3) is 12.1. The predicted molar refractivity (Wildman–Crippen MR) is 115 cm³/mol. The van der Waals surface area contributed by atoms with Crippen molar-refractivity contribution in [3.63, 3.8) is 0 Å². The van der Waals surface area contributed by atoms with Gasteiger partial charge in [-0.2, -0.15) is 11.8 Å². The van der Waals surface area contributed by atoms with Gasteiger partial charge in [-0.1, -0.05) is 0 Å². The number of carboxylic acids is 3. The van der Waals surface area contributed by atoms with Crippen LogP contribution in [0.1, 0.15) is 32.6 Å². The number of aliphatic hydroxyl groups excluding tert-OH is 1. The molecule has 0 aliphatic carbocycles. The number of hydrogen-bond acceptors (Lipinski definition) is 9. The quantitative estimate of drug-likeness (QED) is 0.109. The fourth-order valence-corrected chi connectivity index (χ4v) is 2.98. The van der Waals surface area contributed by atoms with E-state index in [9.17, 15) is 33.9 Å². The third-order valence-corrected chi connectivity index (χ3v) is 4.95. The molecule has 15 heteroatoms. The molecule has 0 aromatic heterocycles. The van der Waals surface area contributed by atoms with Gasteiger partial charge in [0, 0.05) is 6.42 Å². The highest BCUT2D eigenvalue weighted by molar-refractivity contribution is 7.98. The average Bonchev–Trinajstić information content (AvgIpc) is 2.70. The van der Waals surface area contributed by atoms with Crippen molar-refractivity contribution >= 4 is 47.4 Å². The second kappa shape index (κ2) is 15.0. The van der Waals surface area contributed by atoms with Gasteiger partial charge in [-0.25, -0.2) is 4.79 Å². The van der Waals surface area contributed by atoms with Gasteiger partial charge in [0.2, 0.25) is 17.7 Å². The Hall–Kier alpha value is -2.91. The lowest BCUT2D eigenvalue weighted by atomic mass is 10.1. The van der Waals surface area contributed by atoms with E-state index in [1.54, 1.807) is 6.26 Å². The van der Waals surface area contributed by atoms with E-state index in [0.29, 0.717) is 5.75 Å². The van der Waals surface area contributed by atoms with Crippen molar-refractivity contribution in [1.82, 2.24) is 16.0 Å². The van der Waals surface area contributed by atoms with Crippen LogP contribution in [0.5, 0.6) is 0 Å². The number of aliphatic carboxylic acids is 3. The molecule has 0 spiro atoms. The molecule has 5 unspecified atom stereocenters. The first kappa shape index (κ1) is 30.1. The Kier molecular flexibility index (Phi) is 13.7. The number of carbonyl (C=O) groups excluding carboxylic acids is 3. The van der Waals surface area contributed by atoms with Crippen molar-refractivity contribution in [2.45, 2.75) is 62.9 Å². The standard InChI is InChI=1S/C18H30N4O10S/c1-8(23)14(18(31)32)22-17(30)11(7-13(26)27)21-16(29)10(3-4-12(24)25)20-15(28)9(19)5-6-33-2/h8-11,14,23H,3-7,19H2,1-2H3,(H,20,28)(H,21,29)(H,22,30)(H,24,25)(H,26,27)(H,31,32). The number of thioether (sulfide) groups is 1. The summed E-state index contributed by atoms with van der Waals surface area (Å²) in [5.74, 6) is -6.83. The number of carboxylic acid groups (broad SMARTS) is 3. The van der Waals surface area contributed by atoms with Crippen LogP contribution in [0.15, 0.2) is 0 Å². The Morgan fingerprint density at radius 1 is 0.848 bits per heavy atom. The van der Waals surface area contributed by atoms with Gasteiger partial charge >= 0.3 is 17.9 Å². The Balaban J connectivity index is 5.53. The molecule has 0 fully saturated rings. The molecule has 0 saturated carbocycles. The zero-order chi connectivity index (χ0) is 25.7. The van der Waals surface area contributed by atoms with Crippen LogP contribution in [0.25, 0.3) is 0 Å². The summed E-state index contributed by atoms with van der Waals surface area (Å²) >= 11 is 1.44. The molecule has 0 heterocycles. The number of hydrogen-bond donors (Lipinski definition) is 8.